The van der Waals surface area contributed by atoms with Gasteiger partial charge >= 0.3 is 5.97 Å². The summed E-state index contributed by atoms with van der Waals surface area (Å²) < 4.78 is 49.5. The molecule has 0 fully saturated rings. The van der Waals surface area contributed by atoms with Crippen molar-refractivity contribution in [1.29, 1.82) is 0 Å². The minimum atomic E-state index is -3.32. The van der Waals surface area contributed by atoms with Gasteiger partial charge < -0.3 is 14.4 Å². The second-order valence-electron chi connectivity index (χ2n) is 7.62. The minimum Gasteiger partial charge on any atom is -0.485 e. The van der Waals surface area contributed by atoms with Crippen molar-refractivity contribution in [3.63, 3.8) is 0 Å². The van der Waals surface area contributed by atoms with Crippen molar-refractivity contribution in [3.8, 4) is 5.75 Å². The van der Waals surface area contributed by atoms with E-state index in [0.717, 1.165) is 17.7 Å². The predicted octanol–water partition coefficient (Wildman–Crippen LogP) is 5.73. The Morgan fingerprint density at radius 1 is 1.15 bits per heavy atom. The third-order valence-corrected chi connectivity index (χ3v) is 5.53. The number of rotatable bonds is 7. The highest BCUT2D eigenvalue weighted by Gasteiger charge is 2.29. The van der Waals surface area contributed by atoms with Crippen LogP contribution in [0.15, 0.2) is 60.7 Å². The van der Waals surface area contributed by atoms with Gasteiger partial charge in [0, 0.05) is 12.1 Å². The molecule has 0 radical (unpaired) electrons. The number of benzene rings is 3. The smallest absolute Gasteiger partial charge is 0.339 e. The lowest BCUT2D eigenvalue weighted by Crippen LogP contribution is -2.14. The molecule has 0 saturated carbocycles. The second-order valence-corrected chi connectivity index (χ2v) is 8.35. The predicted molar refractivity (Wildman–Crippen MR) is 121 cm³/mol. The largest absolute Gasteiger partial charge is 0.485 e. The Hall–Kier alpha value is -3.38. The van der Waals surface area contributed by atoms with Gasteiger partial charge in [0.15, 0.2) is 0 Å². The van der Waals surface area contributed by atoms with Crippen molar-refractivity contribution in [2.24, 2.45) is 0 Å². The summed E-state index contributed by atoms with van der Waals surface area (Å²) in [5.74, 6) is -1.30. The number of carboxylic acids is 1. The quantitative estimate of drug-likeness (QED) is 0.349. The van der Waals surface area contributed by atoms with Crippen LogP contribution in [-0.2, 0) is 18.8 Å². The minimum absolute atomic E-state index is 0.000485. The molecule has 9 heteroatoms. The number of para-hydroxylation sites is 1. The Morgan fingerprint density at radius 2 is 1.91 bits per heavy atom. The third kappa shape index (κ3) is 4.86. The molecule has 170 valence electrons. The van der Waals surface area contributed by atoms with Crippen LogP contribution in [0.5, 0.6) is 5.75 Å². The Morgan fingerprint density at radius 3 is 2.64 bits per heavy atom. The number of carbonyl (C=O) groups is 1. The Bertz CT molecular complexity index is 1350. The zero-order valence-electron chi connectivity index (χ0n) is 17.6. The number of fused-ring (bicyclic) bond motifs is 1. The fourth-order valence-corrected chi connectivity index (χ4v) is 3.92. The van der Waals surface area contributed by atoms with Crippen molar-refractivity contribution in [2.45, 2.75) is 25.7 Å². The van der Waals surface area contributed by atoms with E-state index in [-0.39, 0.29) is 30.0 Å². The number of aryl methyl sites for hydroxylation is 1. The molecule has 0 spiro atoms. The molecule has 0 aliphatic rings. The van der Waals surface area contributed by atoms with Crippen LogP contribution >= 0.6 is 9.24 Å². The molecule has 0 amide bonds. The fraction of sp³-hybridized carbons (Fsp3) is 0.167. The summed E-state index contributed by atoms with van der Waals surface area (Å²) in [5.41, 5.74) is -1.24. The summed E-state index contributed by atoms with van der Waals surface area (Å²) in [5, 5.41) is 9.38. The maximum absolute atomic E-state index is 14.2. The molecule has 1 atom stereocenters. The first-order valence-electron chi connectivity index (χ1n) is 10.00. The Balaban J connectivity index is 1.76. The Labute approximate surface area is 190 Å². The van der Waals surface area contributed by atoms with E-state index in [1.165, 1.54) is 27.4 Å². The zero-order valence-corrected chi connectivity index (χ0v) is 18.7. The summed E-state index contributed by atoms with van der Waals surface area (Å²) in [6.45, 7) is 1.81. The van der Waals surface area contributed by atoms with Crippen LogP contribution < -0.4 is 4.74 Å². The first-order chi connectivity index (χ1) is 15.6. The molecular weight excluding hydrogens is 452 g/mol. The molecule has 4 rings (SSSR count). The summed E-state index contributed by atoms with van der Waals surface area (Å²) in [7, 11) is 1.44. The normalized spacial score (nSPS) is 11.7. The van der Waals surface area contributed by atoms with Gasteiger partial charge in [-0.25, -0.2) is 14.2 Å². The number of hydrogen-bond acceptors (Lipinski definition) is 3. The Kier molecular flexibility index (Phi) is 6.13. The van der Waals surface area contributed by atoms with Gasteiger partial charge in [-0.2, -0.15) is 8.78 Å². The second kappa shape index (κ2) is 8.87. The molecule has 5 nitrogen and oxygen atoms in total. The summed E-state index contributed by atoms with van der Waals surface area (Å²) in [4.78, 5) is 16.1. The van der Waals surface area contributed by atoms with Crippen LogP contribution in [0, 0.1) is 12.7 Å². The van der Waals surface area contributed by atoms with E-state index in [9.17, 15) is 23.1 Å². The number of halogens is 3. The van der Waals surface area contributed by atoms with Gasteiger partial charge in [0.1, 0.15) is 29.6 Å². The van der Waals surface area contributed by atoms with E-state index in [0.29, 0.717) is 16.9 Å². The van der Waals surface area contributed by atoms with Crippen molar-refractivity contribution in [2.75, 3.05) is 0 Å². The average molecular weight is 472 g/mol. The van der Waals surface area contributed by atoms with Gasteiger partial charge in [0.2, 0.25) is 0 Å². The number of aromatic nitrogens is 2. The topological polar surface area (TPSA) is 64.3 Å². The molecule has 33 heavy (non-hydrogen) atoms. The van der Waals surface area contributed by atoms with E-state index < -0.39 is 23.0 Å². The fourth-order valence-electron chi connectivity index (χ4n) is 3.65. The van der Waals surface area contributed by atoms with Gasteiger partial charge in [-0.1, -0.05) is 33.5 Å². The third-order valence-electron chi connectivity index (χ3n) is 5.22. The van der Waals surface area contributed by atoms with Crippen molar-refractivity contribution >= 4 is 26.2 Å². The van der Waals surface area contributed by atoms with E-state index in [2.05, 4.69) is 4.98 Å². The van der Waals surface area contributed by atoms with Crippen molar-refractivity contribution < 1.29 is 27.8 Å². The highest BCUT2D eigenvalue weighted by atomic mass is 31.0. The van der Waals surface area contributed by atoms with Crippen LogP contribution in [0.2, 0.25) is 0 Å². The van der Waals surface area contributed by atoms with Crippen LogP contribution in [0.4, 0.5) is 13.2 Å². The number of alkyl halides is 2. The lowest BCUT2D eigenvalue weighted by Gasteiger charge is -2.18. The molecule has 1 N–H and O–H groups in total. The van der Waals surface area contributed by atoms with Crippen LogP contribution in [0.3, 0.4) is 0 Å². The highest BCUT2D eigenvalue weighted by Crippen LogP contribution is 2.38. The number of aromatic carboxylic acids is 1. The molecule has 0 saturated heterocycles. The lowest BCUT2D eigenvalue weighted by atomic mass is 10.1. The van der Waals surface area contributed by atoms with Gasteiger partial charge in [-0.3, -0.25) is 0 Å². The monoisotopic (exact) mass is 472 g/mol. The summed E-state index contributed by atoms with van der Waals surface area (Å²) in [6.07, 6.45) is 0. The summed E-state index contributed by atoms with van der Waals surface area (Å²) in [6, 6.07) is 15.1. The molecule has 1 aromatic heterocycles. The number of hydrogen-bond donors (Lipinski definition) is 1. The maximum atomic E-state index is 14.2. The summed E-state index contributed by atoms with van der Waals surface area (Å²) >= 11 is 0. The van der Waals surface area contributed by atoms with E-state index in [1.54, 1.807) is 16.7 Å². The zero-order chi connectivity index (χ0) is 23.8. The van der Waals surface area contributed by atoms with Gasteiger partial charge in [0.25, 0.3) is 5.66 Å². The maximum Gasteiger partial charge on any atom is 0.339 e. The van der Waals surface area contributed by atoms with Crippen LogP contribution in [-0.4, -0.2) is 20.6 Å². The molecular formula is C24H20F3N2O3P. The number of nitrogens with zero attached hydrogens (tertiary/aromatic N) is 2. The lowest BCUT2D eigenvalue weighted by molar-refractivity contribution is 0.0691. The molecule has 0 bridgehead atoms. The molecule has 1 unspecified atom stereocenters. The van der Waals surface area contributed by atoms with Gasteiger partial charge in [-0.05, 0) is 54.4 Å². The van der Waals surface area contributed by atoms with Gasteiger partial charge in [0.05, 0.1) is 11.0 Å². The number of ether oxygens (including phenoxy) is 1. The molecule has 0 aliphatic heterocycles. The average Bonchev–Trinajstić information content (AvgIpc) is 3.09. The molecule has 1 heterocycles. The standard InChI is InChI=1S/C24H20F3N2O3P/c1-14-6-9-20-19(10-14)28-22(13-32-21-5-3-2-4-17(21)23(30)31)29(20)12-15-7-8-16(25)11-18(15)24(26,27)33/h2-11H,12-13,33H2,1H3,(H,30,31). The van der Waals surface area contributed by atoms with E-state index in [1.807, 2.05) is 25.1 Å². The van der Waals surface area contributed by atoms with Crippen molar-refractivity contribution in [1.82, 2.24) is 9.55 Å². The number of imidazole rings is 1. The SMILES string of the molecule is Cc1ccc2c(c1)nc(COc1ccccc1C(=O)O)n2Cc1ccc(F)cc1C(F)(F)P. The van der Waals surface area contributed by atoms with Crippen molar-refractivity contribution in [3.05, 3.63) is 94.6 Å². The number of carboxylic acid groups (broad SMARTS) is 1. The first-order valence-corrected chi connectivity index (χ1v) is 10.6. The molecule has 4 aromatic rings. The highest BCUT2D eigenvalue weighted by molar-refractivity contribution is 7.17. The van der Waals surface area contributed by atoms with Crippen LogP contribution in [0.25, 0.3) is 11.0 Å². The van der Waals surface area contributed by atoms with E-state index in [4.69, 9.17) is 4.74 Å². The first kappa shape index (κ1) is 22.8. The van der Waals surface area contributed by atoms with Crippen LogP contribution in [0.1, 0.15) is 32.9 Å². The molecule has 3 aromatic carbocycles. The van der Waals surface area contributed by atoms with E-state index >= 15 is 0 Å². The molecule has 0 aliphatic carbocycles. The van der Waals surface area contributed by atoms with Gasteiger partial charge in [-0.15, -0.1) is 0 Å².